The van der Waals surface area contributed by atoms with Gasteiger partial charge in [-0.15, -0.1) is 6.42 Å². The van der Waals surface area contributed by atoms with Gasteiger partial charge in [0.05, 0.1) is 23.9 Å². The highest BCUT2D eigenvalue weighted by molar-refractivity contribution is 5.99. The van der Waals surface area contributed by atoms with Crippen molar-refractivity contribution >= 4 is 40.4 Å². The van der Waals surface area contributed by atoms with Gasteiger partial charge in [0.25, 0.3) is 11.5 Å². The van der Waals surface area contributed by atoms with Gasteiger partial charge in [-0.25, -0.2) is 9.78 Å². The number of carboxylic acids is 2. The number of nitrogens with two attached hydrogens (primary N) is 1. The van der Waals surface area contributed by atoms with Crippen LogP contribution in [0.5, 0.6) is 0 Å². The van der Waals surface area contributed by atoms with Gasteiger partial charge in [0, 0.05) is 24.3 Å². The van der Waals surface area contributed by atoms with E-state index in [1.807, 2.05) is 11.0 Å². The maximum Gasteiger partial charge on any atom is 0.330 e. The Hall–Kier alpha value is -4.85. The number of hydrogen-bond acceptors (Lipinski definition) is 7. The number of benzene rings is 2. The van der Waals surface area contributed by atoms with Crippen LogP contribution in [0.1, 0.15) is 42.6 Å². The Labute approximate surface area is 218 Å². The maximum atomic E-state index is 13.3. The molecule has 2 aromatic carbocycles. The fourth-order valence-corrected chi connectivity index (χ4v) is 4.49. The van der Waals surface area contributed by atoms with Crippen LogP contribution in [0.15, 0.2) is 47.3 Å². The summed E-state index contributed by atoms with van der Waals surface area (Å²) in [7, 11) is 0. The maximum absolute atomic E-state index is 13.3. The van der Waals surface area contributed by atoms with Crippen molar-refractivity contribution in [3.05, 3.63) is 63.9 Å². The first-order valence-electron chi connectivity index (χ1n) is 11.9. The Morgan fingerprint density at radius 2 is 1.82 bits per heavy atom. The molecular weight excluding hydrogens is 490 g/mol. The highest BCUT2D eigenvalue weighted by Crippen LogP contribution is 2.28. The number of aliphatic carboxylic acids is 2. The minimum atomic E-state index is -1.88. The van der Waals surface area contributed by atoms with Crippen LogP contribution >= 0.6 is 0 Å². The summed E-state index contributed by atoms with van der Waals surface area (Å²) in [6.45, 7) is 3.75. The van der Waals surface area contributed by atoms with Crippen LogP contribution in [0.3, 0.4) is 0 Å². The molecule has 0 aliphatic rings. The number of hydrogen-bond donors (Lipinski definition) is 4. The van der Waals surface area contributed by atoms with E-state index >= 15 is 0 Å². The van der Waals surface area contributed by atoms with E-state index in [2.05, 4.69) is 15.9 Å². The Morgan fingerprint density at radius 3 is 2.37 bits per heavy atom. The first-order chi connectivity index (χ1) is 18.1. The smallest absolute Gasteiger partial charge is 0.330 e. The Bertz CT molecular complexity index is 1460. The third-order valence-corrected chi connectivity index (χ3v) is 6.43. The van der Waals surface area contributed by atoms with Gasteiger partial charge < -0.3 is 25.7 Å². The van der Waals surface area contributed by atoms with Gasteiger partial charge in [-0.3, -0.25) is 19.4 Å². The van der Waals surface area contributed by atoms with Crippen LogP contribution in [0.4, 0.5) is 11.6 Å². The second-order valence-corrected chi connectivity index (χ2v) is 8.72. The molecule has 0 saturated heterocycles. The molecule has 3 aromatic rings. The van der Waals surface area contributed by atoms with E-state index in [9.17, 15) is 29.4 Å². The van der Waals surface area contributed by atoms with Gasteiger partial charge in [0.15, 0.2) is 5.54 Å². The number of aromatic nitrogens is 2. The molecule has 11 heteroatoms. The summed E-state index contributed by atoms with van der Waals surface area (Å²) in [4.78, 5) is 58.7. The molecule has 1 amide bonds. The molecule has 0 saturated carbocycles. The lowest BCUT2D eigenvalue weighted by Gasteiger charge is -2.38. The summed E-state index contributed by atoms with van der Waals surface area (Å²) in [6, 6.07) is 11.7. The summed E-state index contributed by atoms with van der Waals surface area (Å²) >= 11 is 0. The second-order valence-electron chi connectivity index (χ2n) is 8.72. The number of nitrogens with zero attached hydrogens (tertiary/aromatic N) is 3. The van der Waals surface area contributed by atoms with E-state index in [1.165, 1.54) is 0 Å². The van der Waals surface area contributed by atoms with Crippen LogP contribution in [0.25, 0.3) is 10.9 Å². The number of terminal acetylenes is 1. The molecule has 0 spiro atoms. The molecule has 1 heterocycles. The van der Waals surface area contributed by atoms with E-state index < -0.39 is 29.8 Å². The van der Waals surface area contributed by atoms with E-state index in [-0.39, 0.29) is 36.6 Å². The molecule has 1 atom stereocenters. The number of likely N-dealkylation sites (N-methyl/N-ethyl adjacent to an activating group) is 1. The third-order valence-electron chi connectivity index (χ3n) is 6.43. The number of H-pyrrole nitrogens is 1. The van der Waals surface area contributed by atoms with Crippen molar-refractivity contribution in [3.63, 3.8) is 0 Å². The fraction of sp³-hybridized carbons (Fsp3) is 0.296. The summed E-state index contributed by atoms with van der Waals surface area (Å²) in [5.74, 6) is -0.643. The van der Waals surface area contributed by atoms with Crippen molar-refractivity contribution in [2.75, 3.05) is 23.7 Å². The lowest BCUT2D eigenvalue weighted by atomic mass is 9.89. The molecule has 1 aromatic heterocycles. The SMILES string of the molecule is C#CCN(Cc1ccc2nc(N)[nH]c(=O)c2c1)c1ccc(C(=O)N(CC)[C@@](CC)(CC(=O)O)C(=O)O)cc1. The van der Waals surface area contributed by atoms with Gasteiger partial charge in [-0.05, 0) is 55.3 Å². The number of rotatable bonds is 11. The summed E-state index contributed by atoms with van der Waals surface area (Å²) in [6.07, 6.45) is 4.79. The zero-order chi connectivity index (χ0) is 28.0. The number of nitrogens with one attached hydrogen (secondary N) is 1. The Balaban J connectivity index is 1.90. The second kappa shape index (κ2) is 11.5. The summed E-state index contributed by atoms with van der Waals surface area (Å²) in [5.41, 5.74) is 5.54. The largest absolute Gasteiger partial charge is 0.481 e. The number of carboxylic acid groups (broad SMARTS) is 2. The average Bonchev–Trinajstić information content (AvgIpc) is 2.88. The lowest BCUT2D eigenvalue weighted by Crippen LogP contribution is -2.57. The van der Waals surface area contributed by atoms with E-state index in [1.54, 1.807) is 50.2 Å². The molecular formula is C27H29N5O6. The molecule has 3 rings (SSSR count). The van der Waals surface area contributed by atoms with Gasteiger partial charge in [-0.1, -0.05) is 18.9 Å². The number of fused-ring (bicyclic) bond motifs is 1. The van der Waals surface area contributed by atoms with E-state index in [0.29, 0.717) is 23.1 Å². The van der Waals surface area contributed by atoms with Crippen LogP contribution in [0, 0.1) is 12.3 Å². The molecule has 5 N–H and O–H groups in total. The van der Waals surface area contributed by atoms with Crippen molar-refractivity contribution in [2.45, 2.75) is 38.8 Å². The molecule has 0 aliphatic carbocycles. The lowest BCUT2D eigenvalue weighted by molar-refractivity contribution is -0.156. The van der Waals surface area contributed by atoms with Crippen molar-refractivity contribution in [3.8, 4) is 12.3 Å². The van der Waals surface area contributed by atoms with E-state index in [0.717, 1.165) is 10.5 Å². The molecule has 198 valence electrons. The average molecular weight is 520 g/mol. The predicted octanol–water partition coefficient (Wildman–Crippen LogP) is 2.32. The van der Waals surface area contributed by atoms with Crippen molar-refractivity contribution in [1.82, 2.24) is 14.9 Å². The van der Waals surface area contributed by atoms with Crippen LogP contribution in [-0.4, -0.2) is 61.6 Å². The third kappa shape index (κ3) is 5.59. The van der Waals surface area contributed by atoms with Crippen LogP contribution in [0.2, 0.25) is 0 Å². The van der Waals surface area contributed by atoms with Crippen molar-refractivity contribution in [2.24, 2.45) is 0 Å². The number of aromatic amines is 1. The summed E-state index contributed by atoms with van der Waals surface area (Å²) < 4.78 is 0. The van der Waals surface area contributed by atoms with E-state index in [4.69, 9.17) is 12.2 Å². The molecule has 0 radical (unpaired) electrons. The highest BCUT2D eigenvalue weighted by Gasteiger charge is 2.46. The van der Waals surface area contributed by atoms with Gasteiger partial charge >= 0.3 is 11.9 Å². The molecule has 0 aliphatic heterocycles. The number of carbonyl (C=O) groups excluding carboxylic acids is 1. The zero-order valence-electron chi connectivity index (χ0n) is 21.1. The molecule has 11 nitrogen and oxygen atoms in total. The van der Waals surface area contributed by atoms with Crippen molar-refractivity contribution in [1.29, 1.82) is 0 Å². The number of amides is 1. The molecule has 38 heavy (non-hydrogen) atoms. The Kier molecular flexibility index (Phi) is 8.37. The number of nitrogen functional groups attached to an aromatic ring is 1. The van der Waals surface area contributed by atoms with Crippen LogP contribution in [-0.2, 0) is 16.1 Å². The molecule has 0 unspecified atom stereocenters. The van der Waals surface area contributed by atoms with Crippen molar-refractivity contribution < 1.29 is 24.6 Å². The quantitative estimate of drug-likeness (QED) is 0.278. The minimum absolute atomic E-state index is 0.0127. The van der Waals surface area contributed by atoms with Gasteiger partial charge in [0.1, 0.15) is 0 Å². The first kappa shape index (κ1) is 27.7. The molecule has 0 bridgehead atoms. The zero-order valence-corrected chi connectivity index (χ0v) is 21.1. The minimum Gasteiger partial charge on any atom is -0.481 e. The number of carbonyl (C=O) groups is 3. The topological polar surface area (TPSA) is 170 Å². The predicted molar refractivity (Wildman–Crippen MR) is 143 cm³/mol. The Morgan fingerprint density at radius 1 is 1.13 bits per heavy atom. The standard InChI is InChI=1S/C27H29N5O6/c1-4-13-31(16-17-7-12-21-20(14-17)23(35)30-26(28)29-21)19-10-8-18(9-11-19)24(36)32(6-3)27(5-2,25(37)38)15-22(33)34/h1,7-12,14H,5-6,13,15-16H2,2-3H3,(H,33,34)(H,37,38)(H3,28,29,30,35)/t27-/m0/s1. The molecule has 0 fully saturated rings. The first-order valence-corrected chi connectivity index (χ1v) is 11.9. The monoisotopic (exact) mass is 519 g/mol. The van der Waals surface area contributed by atoms with Gasteiger partial charge in [0.2, 0.25) is 5.95 Å². The van der Waals surface area contributed by atoms with Gasteiger partial charge in [-0.2, -0.15) is 0 Å². The van der Waals surface area contributed by atoms with Crippen LogP contribution < -0.4 is 16.2 Å². The number of anilines is 2. The summed E-state index contributed by atoms with van der Waals surface area (Å²) in [5, 5.41) is 19.6. The highest BCUT2D eigenvalue weighted by atomic mass is 16.4. The fourth-order valence-electron chi connectivity index (χ4n) is 4.49. The normalized spacial score (nSPS) is 12.3.